The van der Waals surface area contributed by atoms with E-state index in [4.69, 9.17) is 0 Å². The molecule has 1 N–H and O–H groups in total. The quantitative estimate of drug-likeness (QED) is 0.842. The van der Waals surface area contributed by atoms with Crippen LogP contribution in [-0.2, 0) is 6.42 Å². The first-order chi connectivity index (χ1) is 7.60. The monoisotopic (exact) mass is 215 g/mol. The van der Waals surface area contributed by atoms with Gasteiger partial charge in [-0.15, -0.1) is 0 Å². The van der Waals surface area contributed by atoms with Crippen molar-refractivity contribution in [2.45, 2.75) is 38.2 Å². The molecule has 2 nitrogen and oxygen atoms in total. The first-order valence-electron chi connectivity index (χ1n) is 5.77. The average molecular weight is 215 g/mol. The summed E-state index contributed by atoms with van der Waals surface area (Å²) < 4.78 is 0. The zero-order chi connectivity index (χ0) is 11.6. The maximum atomic E-state index is 10.5. The minimum Gasteiger partial charge on any atom is -0.388 e. The van der Waals surface area contributed by atoms with E-state index in [0.717, 1.165) is 24.8 Å². The van der Waals surface area contributed by atoms with Crippen LogP contribution in [-0.4, -0.2) is 10.7 Å². The lowest BCUT2D eigenvalue weighted by molar-refractivity contribution is -0.0790. The fraction of sp³-hybridized carbons (Fsp3) is 0.500. The molecule has 1 aliphatic carbocycles. The second-order valence-electron chi connectivity index (χ2n) is 4.98. The van der Waals surface area contributed by atoms with Crippen LogP contribution < -0.4 is 0 Å². The predicted octanol–water partition coefficient (Wildman–Crippen LogP) is 2.67. The van der Waals surface area contributed by atoms with E-state index in [1.807, 2.05) is 30.3 Å². The molecule has 2 rings (SSSR count). The van der Waals surface area contributed by atoms with Crippen LogP contribution in [0.15, 0.2) is 30.3 Å². The number of rotatable bonds is 3. The van der Waals surface area contributed by atoms with Crippen molar-refractivity contribution < 1.29 is 5.11 Å². The second-order valence-corrected chi connectivity index (χ2v) is 4.98. The van der Waals surface area contributed by atoms with E-state index in [1.165, 1.54) is 0 Å². The van der Waals surface area contributed by atoms with Crippen LogP contribution in [0.25, 0.3) is 0 Å². The number of nitrogens with zero attached hydrogens (tertiary/aromatic N) is 1. The van der Waals surface area contributed by atoms with Gasteiger partial charge in [0, 0.05) is 6.42 Å². The van der Waals surface area contributed by atoms with Crippen molar-refractivity contribution in [2.24, 2.45) is 5.41 Å². The summed E-state index contributed by atoms with van der Waals surface area (Å²) in [5.74, 6) is 0. The summed E-state index contributed by atoms with van der Waals surface area (Å²) in [6, 6.07) is 12.2. The molecule has 1 unspecified atom stereocenters. The van der Waals surface area contributed by atoms with Crippen LogP contribution in [0.4, 0.5) is 0 Å². The van der Waals surface area contributed by atoms with E-state index >= 15 is 0 Å². The Morgan fingerprint density at radius 1 is 1.38 bits per heavy atom. The van der Waals surface area contributed by atoms with Crippen molar-refractivity contribution in [1.82, 2.24) is 0 Å². The van der Waals surface area contributed by atoms with Crippen molar-refractivity contribution in [3.63, 3.8) is 0 Å². The summed E-state index contributed by atoms with van der Waals surface area (Å²) >= 11 is 0. The molecule has 0 aliphatic heterocycles. The van der Waals surface area contributed by atoms with Gasteiger partial charge < -0.3 is 5.11 Å². The van der Waals surface area contributed by atoms with Crippen LogP contribution in [0.1, 0.15) is 31.7 Å². The summed E-state index contributed by atoms with van der Waals surface area (Å²) in [5.41, 5.74) is -0.349. The summed E-state index contributed by atoms with van der Waals surface area (Å²) in [7, 11) is 0. The molecule has 0 spiro atoms. The SMILES string of the molecule is CC(O)(Cc1ccccc1)C1(C#N)CCC1. The minimum absolute atomic E-state index is 0.525. The van der Waals surface area contributed by atoms with Crippen molar-refractivity contribution in [3.8, 4) is 6.07 Å². The fourth-order valence-electron chi connectivity index (χ4n) is 2.46. The number of nitriles is 1. The summed E-state index contributed by atoms with van der Waals surface area (Å²) in [6.07, 6.45) is 3.26. The normalized spacial score (nSPS) is 21.6. The lowest BCUT2D eigenvalue weighted by atomic mass is 9.58. The van der Waals surface area contributed by atoms with Crippen LogP contribution in [0.5, 0.6) is 0 Å². The topological polar surface area (TPSA) is 44.0 Å². The standard InChI is InChI=1S/C14H17NO/c1-13(16,14(11-15)8-5-9-14)10-12-6-3-2-4-7-12/h2-4,6-7,16H,5,8-10H2,1H3. The van der Waals surface area contributed by atoms with Crippen molar-refractivity contribution in [2.75, 3.05) is 0 Å². The zero-order valence-electron chi connectivity index (χ0n) is 9.61. The molecule has 2 heteroatoms. The number of hydrogen-bond donors (Lipinski definition) is 1. The Bertz CT molecular complexity index is 398. The molecule has 0 saturated heterocycles. The van der Waals surface area contributed by atoms with Crippen LogP contribution in [0, 0.1) is 16.7 Å². The Labute approximate surface area is 96.5 Å². The maximum Gasteiger partial charge on any atom is 0.0860 e. The molecular formula is C14H17NO. The molecule has 0 aromatic heterocycles. The maximum absolute atomic E-state index is 10.5. The number of benzene rings is 1. The van der Waals surface area contributed by atoms with Gasteiger partial charge in [-0.05, 0) is 25.3 Å². The van der Waals surface area contributed by atoms with E-state index in [1.54, 1.807) is 6.92 Å². The van der Waals surface area contributed by atoms with E-state index < -0.39 is 11.0 Å². The van der Waals surface area contributed by atoms with Gasteiger partial charge in [-0.25, -0.2) is 0 Å². The molecule has 1 fully saturated rings. The molecule has 84 valence electrons. The van der Waals surface area contributed by atoms with Gasteiger partial charge in [-0.2, -0.15) is 5.26 Å². The van der Waals surface area contributed by atoms with Gasteiger partial charge in [0.05, 0.1) is 17.1 Å². The summed E-state index contributed by atoms with van der Waals surface area (Å²) in [4.78, 5) is 0. The molecule has 1 saturated carbocycles. The third-order valence-electron chi connectivity index (χ3n) is 3.84. The van der Waals surface area contributed by atoms with Gasteiger partial charge in [0.2, 0.25) is 0 Å². The van der Waals surface area contributed by atoms with Gasteiger partial charge in [0.15, 0.2) is 0 Å². The highest BCUT2D eigenvalue weighted by atomic mass is 16.3. The lowest BCUT2D eigenvalue weighted by Gasteiger charge is -2.46. The second kappa shape index (κ2) is 3.92. The van der Waals surface area contributed by atoms with Crippen molar-refractivity contribution >= 4 is 0 Å². The first-order valence-corrected chi connectivity index (χ1v) is 5.77. The van der Waals surface area contributed by atoms with Gasteiger partial charge in [-0.1, -0.05) is 36.8 Å². The van der Waals surface area contributed by atoms with Gasteiger partial charge >= 0.3 is 0 Å². The third-order valence-corrected chi connectivity index (χ3v) is 3.84. The fourth-order valence-corrected chi connectivity index (χ4v) is 2.46. The molecular weight excluding hydrogens is 198 g/mol. The highest BCUT2D eigenvalue weighted by molar-refractivity contribution is 5.22. The summed E-state index contributed by atoms with van der Waals surface area (Å²) in [6.45, 7) is 1.79. The Morgan fingerprint density at radius 2 is 2.00 bits per heavy atom. The zero-order valence-corrected chi connectivity index (χ0v) is 9.61. The lowest BCUT2D eigenvalue weighted by Crippen LogP contribution is -2.51. The van der Waals surface area contributed by atoms with Crippen molar-refractivity contribution in [1.29, 1.82) is 5.26 Å². The van der Waals surface area contributed by atoms with Crippen molar-refractivity contribution in [3.05, 3.63) is 35.9 Å². The Hall–Kier alpha value is -1.33. The summed E-state index contributed by atoms with van der Waals surface area (Å²) in [5, 5.41) is 19.8. The van der Waals surface area contributed by atoms with Gasteiger partial charge in [0.25, 0.3) is 0 Å². The van der Waals surface area contributed by atoms with Crippen LogP contribution in [0.3, 0.4) is 0 Å². The van der Waals surface area contributed by atoms with Gasteiger partial charge in [-0.3, -0.25) is 0 Å². The Balaban J connectivity index is 2.17. The predicted molar refractivity (Wildman–Crippen MR) is 62.7 cm³/mol. The minimum atomic E-state index is -0.915. The molecule has 1 aliphatic rings. The van der Waals surface area contributed by atoms with E-state index in [2.05, 4.69) is 6.07 Å². The van der Waals surface area contributed by atoms with Gasteiger partial charge in [0.1, 0.15) is 0 Å². The molecule has 0 heterocycles. The molecule has 0 bridgehead atoms. The van der Waals surface area contributed by atoms with E-state index in [9.17, 15) is 10.4 Å². The Morgan fingerprint density at radius 3 is 2.44 bits per heavy atom. The first kappa shape index (κ1) is 11.2. The van der Waals surface area contributed by atoms with E-state index in [-0.39, 0.29) is 0 Å². The average Bonchev–Trinajstić information content (AvgIpc) is 2.16. The highest BCUT2D eigenvalue weighted by Gasteiger charge is 2.51. The van der Waals surface area contributed by atoms with E-state index in [0.29, 0.717) is 6.42 Å². The highest BCUT2D eigenvalue weighted by Crippen LogP contribution is 2.49. The Kier molecular flexibility index (Phi) is 2.73. The molecule has 1 aromatic rings. The molecule has 1 atom stereocenters. The smallest absolute Gasteiger partial charge is 0.0860 e. The molecule has 16 heavy (non-hydrogen) atoms. The number of aliphatic hydroxyl groups is 1. The molecule has 0 amide bonds. The van der Waals surface area contributed by atoms with Crippen LogP contribution in [0.2, 0.25) is 0 Å². The number of hydrogen-bond acceptors (Lipinski definition) is 2. The third kappa shape index (κ3) is 1.72. The molecule has 0 radical (unpaired) electrons. The van der Waals surface area contributed by atoms with Crippen LogP contribution >= 0.6 is 0 Å². The largest absolute Gasteiger partial charge is 0.388 e. The molecule has 1 aromatic carbocycles.